The summed E-state index contributed by atoms with van der Waals surface area (Å²) in [5, 5.41) is 0. The van der Waals surface area contributed by atoms with Gasteiger partial charge < -0.3 is 0 Å². The monoisotopic (exact) mass is 200 g/mol. The van der Waals surface area contributed by atoms with Crippen LogP contribution in [0.15, 0.2) is 12.1 Å². The third-order valence-electron chi connectivity index (χ3n) is 2.89. The van der Waals surface area contributed by atoms with Crippen LogP contribution >= 0.6 is 0 Å². The minimum atomic E-state index is -1.11. The van der Waals surface area contributed by atoms with Crippen LogP contribution in [0.5, 0.6) is 0 Å². The molecule has 3 heteroatoms. The van der Waals surface area contributed by atoms with Gasteiger partial charge in [-0.05, 0) is 29.9 Å². The van der Waals surface area contributed by atoms with Crippen molar-refractivity contribution in [2.75, 3.05) is 0 Å². The molecule has 1 aromatic carbocycles. The molecule has 0 aromatic heterocycles. The minimum Gasteiger partial charge on any atom is -0.207 e. The Kier molecular flexibility index (Phi) is 2.25. The van der Waals surface area contributed by atoms with E-state index in [0.29, 0.717) is 17.5 Å². The van der Waals surface area contributed by atoms with Gasteiger partial charge in [-0.1, -0.05) is 13.3 Å². The molecule has 1 saturated carbocycles. The SMILES string of the molecule is CC[C@H]1C[C@@H]1c1cc(F)c(F)cc1F. The summed E-state index contributed by atoms with van der Waals surface area (Å²) in [5.41, 5.74) is 0.329. The molecule has 0 N–H and O–H groups in total. The van der Waals surface area contributed by atoms with Gasteiger partial charge in [0.05, 0.1) is 0 Å². The van der Waals surface area contributed by atoms with E-state index in [1.807, 2.05) is 6.92 Å². The quantitative estimate of drug-likeness (QED) is 0.639. The highest BCUT2D eigenvalue weighted by Gasteiger charge is 2.38. The first kappa shape index (κ1) is 9.56. The Bertz CT molecular complexity index is 360. The summed E-state index contributed by atoms with van der Waals surface area (Å²) in [5.74, 6) is -2.16. The summed E-state index contributed by atoms with van der Waals surface area (Å²) < 4.78 is 38.7. The fourth-order valence-electron chi connectivity index (χ4n) is 1.90. The van der Waals surface area contributed by atoms with E-state index in [4.69, 9.17) is 0 Å². The fraction of sp³-hybridized carbons (Fsp3) is 0.455. The van der Waals surface area contributed by atoms with Crippen molar-refractivity contribution in [1.82, 2.24) is 0 Å². The number of rotatable bonds is 2. The zero-order valence-corrected chi connectivity index (χ0v) is 7.86. The number of hydrogen-bond donors (Lipinski definition) is 0. The van der Waals surface area contributed by atoms with Gasteiger partial charge in [-0.15, -0.1) is 0 Å². The summed E-state index contributed by atoms with van der Waals surface area (Å²) in [7, 11) is 0. The average molecular weight is 200 g/mol. The van der Waals surface area contributed by atoms with E-state index in [9.17, 15) is 13.2 Å². The van der Waals surface area contributed by atoms with Crippen LogP contribution in [0.4, 0.5) is 13.2 Å². The summed E-state index contributed by atoms with van der Waals surface area (Å²) in [6.45, 7) is 2.02. The van der Waals surface area contributed by atoms with E-state index in [1.54, 1.807) is 0 Å². The molecule has 0 heterocycles. The highest BCUT2D eigenvalue weighted by molar-refractivity contribution is 5.28. The fourth-order valence-corrected chi connectivity index (χ4v) is 1.90. The molecule has 0 unspecified atom stereocenters. The van der Waals surface area contributed by atoms with Gasteiger partial charge in [0.1, 0.15) is 5.82 Å². The maximum absolute atomic E-state index is 13.2. The molecule has 76 valence electrons. The van der Waals surface area contributed by atoms with E-state index in [0.717, 1.165) is 18.9 Å². The average Bonchev–Trinajstić information content (AvgIpc) is 2.90. The molecule has 0 radical (unpaired) electrons. The second-order valence-corrected chi connectivity index (χ2v) is 3.80. The van der Waals surface area contributed by atoms with Gasteiger partial charge in [-0.25, -0.2) is 13.2 Å². The molecule has 0 saturated heterocycles. The van der Waals surface area contributed by atoms with Crippen molar-refractivity contribution in [3.05, 3.63) is 35.1 Å². The smallest absolute Gasteiger partial charge is 0.161 e. The van der Waals surface area contributed by atoms with Crippen LogP contribution in [0.2, 0.25) is 0 Å². The van der Waals surface area contributed by atoms with Gasteiger partial charge >= 0.3 is 0 Å². The summed E-state index contributed by atoms with van der Waals surface area (Å²) in [6, 6.07) is 1.63. The van der Waals surface area contributed by atoms with Crippen LogP contribution in [0.1, 0.15) is 31.2 Å². The third-order valence-corrected chi connectivity index (χ3v) is 2.89. The Morgan fingerprint density at radius 3 is 2.36 bits per heavy atom. The van der Waals surface area contributed by atoms with E-state index in [2.05, 4.69) is 0 Å². The predicted octanol–water partition coefficient (Wildman–Crippen LogP) is 3.62. The van der Waals surface area contributed by atoms with Crippen LogP contribution < -0.4 is 0 Å². The van der Waals surface area contributed by atoms with Crippen LogP contribution in [0, 0.1) is 23.4 Å². The second kappa shape index (κ2) is 3.30. The van der Waals surface area contributed by atoms with E-state index in [-0.39, 0.29) is 5.92 Å². The first-order valence-corrected chi connectivity index (χ1v) is 4.78. The van der Waals surface area contributed by atoms with Gasteiger partial charge in [0.2, 0.25) is 0 Å². The molecule has 14 heavy (non-hydrogen) atoms. The highest BCUT2D eigenvalue weighted by atomic mass is 19.2. The molecule has 0 aliphatic heterocycles. The van der Waals surface area contributed by atoms with Gasteiger partial charge in [-0.2, -0.15) is 0 Å². The Morgan fingerprint density at radius 1 is 1.14 bits per heavy atom. The second-order valence-electron chi connectivity index (χ2n) is 3.80. The molecular weight excluding hydrogens is 189 g/mol. The van der Waals surface area contributed by atoms with Gasteiger partial charge in [0, 0.05) is 6.07 Å². The lowest BCUT2D eigenvalue weighted by Crippen LogP contribution is -1.94. The first-order valence-electron chi connectivity index (χ1n) is 4.78. The van der Waals surface area contributed by atoms with E-state index in [1.165, 1.54) is 0 Å². The molecule has 1 aliphatic carbocycles. The lowest BCUT2D eigenvalue weighted by molar-refractivity contribution is 0.489. The zero-order valence-electron chi connectivity index (χ0n) is 7.86. The van der Waals surface area contributed by atoms with E-state index >= 15 is 0 Å². The van der Waals surface area contributed by atoms with Gasteiger partial charge in [-0.3, -0.25) is 0 Å². The van der Waals surface area contributed by atoms with Crippen molar-refractivity contribution in [1.29, 1.82) is 0 Å². The van der Waals surface area contributed by atoms with Crippen molar-refractivity contribution in [3.63, 3.8) is 0 Å². The Balaban J connectivity index is 2.31. The normalized spacial score (nSPS) is 25.1. The number of halogens is 3. The third kappa shape index (κ3) is 1.51. The molecule has 0 amide bonds. The summed E-state index contributed by atoms with van der Waals surface area (Å²) in [4.78, 5) is 0. The molecule has 1 aliphatic rings. The Hall–Kier alpha value is -0.990. The van der Waals surface area contributed by atoms with Crippen LogP contribution in [0.3, 0.4) is 0 Å². The van der Waals surface area contributed by atoms with Crippen molar-refractivity contribution in [2.24, 2.45) is 5.92 Å². The molecule has 1 aromatic rings. The van der Waals surface area contributed by atoms with Crippen LogP contribution in [-0.4, -0.2) is 0 Å². The predicted molar refractivity (Wildman–Crippen MR) is 47.5 cm³/mol. The molecule has 1 fully saturated rings. The van der Waals surface area contributed by atoms with Crippen LogP contribution in [-0.2, 0) is 0 Å². The highest BCUT2D eigenvalue weighted by Crippen LogP contribution is 2.50. The molecule has 2 rings (SSSR count). The van der Waals surface area contributed by atoms with Crippen molar-refractivity contribution in [2.45, 2.75) is 25.7 Å². The molecule has 0 nitrogen and oxygen atoms in total. The number of benzene rings is 1. The standard InChI is InChI=1S/C11H11F3/c1-2-6-3-7(6)8-4-10(13)11(14)5-9(8)12/h4-7H,2-3H2,1H3/t6-,7-/m0/s1. The Morgan fingerprint density at radius 2 is 1.79 bits per heavy atom. The lowest BCUT2D eigenvalue weighted by atomic mass is 10.1. The number of hydrogen-bond acceptors (Lipinski definition) is 0. The van der Waals surface area contributed by atoms with Crippen molar-refractivity contribution < 1.29 is 13.2 Å². The topological polar surface area (TPSA) is 0 Å². The van der Waals surface area contributed by atoms with Crippen molar-refractivity contribution in [3.8, 4) is 0 Å². The Labute approximate surface area is 80.7 Å². The molecule has 2 atom stereocenters. The summed E-state index contributed by atoms with van der Waals surface area (Å²) >= 11 is 0. The molecule has 0 bridgehead atoms. The largest absolute Gasteiger partial charge is 0.207 e. The maximum Gasteiger partial charge on any atom is 0.161 e. The van der Waals surface area contributed by atoms with Crippen LogP contribution in [0.25, 0.3) is 0 Å². The molecule has 0 spiro atoms. The van der Waals surface area contributed by atoms with Crippen molar-refractivity contribution >= 4 is 0 Å². The molecular formula is C11H11F3. The first-order chi connectivity index (χ1) is 6.63. The lowest BCUT2D eigenvalue weighted by Gasteiger charge is -2.02. The summed E-state index contributed by atoms with van der Waals surface area (Å²) in [6.07, 6.45) is 1.85. The zero-order chi connectivity index (χ0) is 10.3. The maximum atomic E-state index is 13.2. The van der Waals surface area contributed by atoms with Gasteiger partial charge in [0.25, 0.3) is 0 Å². The van der Waals surface area contributed by atoms with Gasteiger partial charge in [0.15, 0.2) is 11.6 Å². The minimum absolute atomic E-state index is 0.0927. The van der Waals surface area contributed by atoms with E-state index < -0.39 is 17.5 Å².